The zero-order valence-corrected chi connectivity index (χ0v) is 24.1. The van der Waals surface area contributed by atoms with Crippen molar-refractivity contribution in [3.63, 3.8) is 0 Å². The van der Waals surface area contributed by atoms with Crippen LogP contribution in [-0.4, -0.2) is 17.1 Å². The maximum absolute atomic E-state index is 12.9. The van der Waals surface area contributed by atoms with Crippen LogP contribution >= 0.6 is 47.8 Å². The Bertz CT molecular complexity index is 1290. The molecule has 0 aromatic heterocycles. The quantitative estimate of drug-likeness (QED) is 0.150. The van der Waals surface area contributed by atoms with E-state index in [1.54, 1.807) is 80.6 Å². The number of carbonyl (C=O) groups is 2. The summed E-state index contributed by atoms with van der Waals surface area (Å²) in [5.41, 5.74) is 6.79. The van der Waals surface area contributed by atoms with Gasteiger partial charge in [-0.3, -0.25) is 10.1 Å². The molecule has 3 aromatic carbocycles. The van der Waals surface area contributed by atoms with E-state index in [2.05, 4.69) is 58.4 Å². The van der Waals surface area contributed by atoms with E-state index < -0.39 is 23.5 Å². The molecular formula is C26H24Br3N3O4. The van der Waals surface area contributed by atoms with Gasteiger partial charge in [0.05, 0.1) is 15.8 Å². The Kier molecular flexibility index (Phi) is 9.21. The molecule has 3 aromatic rings. The average molecular weight is 682 g/mol. The highest BCUT2D eigenvalue weighted by atomic mass is 79.9. The third-order valence-corrected chi connectivity index (χ3v) is 6.81. The van der Waals surface area contributed by atoms with Crippen molar-refractivity contribution < 1.29 is 19.4 Å². The number of para-hydroxylation sites is 2. The van der Waals surface area contributed by atoms with Crippen LogP contribution in [0.2, 0.25) is 0 Å². The molecule has 10 heteroatoms. The van der Waals surface area contributed by atoms with Crippen LogP contribution in [0.25, 0.3) is 0 Å². The predicted octanol–water partition coefficient (Wildman–Crippen LogP) is 7.77. The maximum atomic E-state index is 12.9. The van der Waals surface area contributed by atoms with E-state index in [1.165, 1.54) is 6.08 Å². The fourth-order valence-electron chi connectivity index (χ4n) is 3.35. The molecule has 0 spiro atoms. The molecule has 2 amide bonds. The lowest BCUT2D eigenvalue weighted by Gasteiger charge is -2.32. The van der Waals surface area contributed by atoms with Crippen LogP contribution in [0.5, 0.6) is 5.75 Å². The molecule has 0 aliphatic rings. The Balaban J connectivity index is 1.89. The van der Waals surface area contributed by atoms with Gasteiger partial charge in [-0.25, -0.2) is 4.79 Å². The first-order valence-corrected chi connectivity index (χ1v) is 13.1. The number of halogens is 3. The Morgan fingerprint density at radius 1 is 1.00 bits per heavy atom. The van der Waals surface area contributed by atoms with Crippen LogP contribution in [0, 0.1) is 5.41 Å². The number of phenolic OH excluding ortho intramolecular Hbond substituents is 1. The van der Waals surface area contributed by atoms with E-state index in [1.807, 2.05) is 0 Å². The molecule has 5 N–H and O–H groups in total. The second kappa shape index (κ2) is 11.9. The van der Waals surface area contributed by atoms with Gasteiger partial charge in [0.25, 0.3) is 0 Å². The van der Waals surface area contributed by atoms with Gasteiger partial charge in [0.15, 0.2) is 0 Å². The minimum atomic E-state index is -0.965. The molecule has 0 unspecified atom stereocenters. The lowest BCUT2D eigenvalue weighted by molar-refractivity contribution is -0.112. The van der Waals surface area contributed by atoms with Crippen molar-refractivity contribution in [3.8, 4) is 5.75 Å². The number of nitrogen functional groups attached to an aromatic ring is 1. The van der Waals surface area contributed by atoms with Gasteiger partial charge in [-0.2, -0.15) is 0 Å². The van der Waals surface area contributed by atoms with Crippen LogP contribution in [0.3, 0.4) is 0 Å². The van der Waals surface area contributed by atoms with Gasteiger partial charge in [0.1, 0.15) is 11.9 Å². The Morgan fingerprint density at radius 2 is 1.67 bits per heavy atom. The summed E-state index contributed by atoms with van der Waals surface area (Å²) in [4.78, 5) is 25.5. The topological polar surface area (TPSA) is 114 Å². The fourth-order valence-corrected chi connectivity index (χ4v) is 4.88. The minimum Gasteiger partial charge on any atom is -0.506 e. The summed E-state index contributed by atoms with van der Waals surface area (Å²) in [6.07, 6.45) is 1.28. The van der Waals surface area contributed by atoms with Crippen molar-refractivity contribution in [3.05, 3.63) is 91.8 Å². The molecule has 0 aliphatic carbocycles. The summed E-state index contributed by atoms with van der Waals surface area (Å²) in [5, 5.41) is 16.2. The second-order valence-corrected chi connectivity index (χ2v) is 11.2. The number of nitrogens with one attached hydrogen (secondary N) is 2. The zero-order valence-electron chi connectivity index (χ0n) is 19.4. The summed E-state index contributed by atoms with van der Waals surface area (Å²) in [6, 6.07) is 17.3. The molecule has 0 saturated carbocycles. The Hall–Kier alpha value is -2.82. The van der Waals surface area contributed by atoms with Crippen LogP contribution in [0.4, 0.5) is 21.9 Å². The molecule has 3 rings (SSSR count). The predicted molar refractivity (Wildman–Crippen MR) is 153 cm³/mol. The van der Waals surface area contributed by atoms with Crippen LogP contribution < -0.4 is 16.4 Å². The van der Waals surface area contributed by atoms with E-state index in [9.17, 15) is 14.7 Å². The van der Waals surface area contributed by atoms with Gasteiger partial charge in [0.2, 0.25) is 5.91 Å². The third-order valence-electron chi connectivity index (χ3n) is 5.21. The number of hydrogen-bond acceptors (Lipinski definition) is 5. The average Bonchev–Trinajstić information content (AvgIpc) is 2.82. The third kappa shape index (κ3) is 7.35. The van der Waals surface area contributed by atoms with E-state index in [-0.39, 0.29) is 5.75 Å². The molecule has 0 fully saturated rings. The number of amides is 2. The van der Waals surface area contributed by atoms with E-state index in [4.69, 9.17) is 10.5 Å². The summed E-state index contributed by atoms with van der Waals surface area (Å²) < 4.78 is 7.79. The zero-order chi connectivity index (χ0) is 26.5. The van der Waals surface area contributed by atoms with Crippen molar-refractivity contribution in [2.45, 2.75) is 20.0 Å². The molecule has 1 atom stereocenters. The molecule has 0 aliphatic heterocycles. The van der Waals surface area contributed by atoms with Gasteiger partial charge in [-0.15, -0.1) is 0 Å². The van der Waals surface area contributed by atoms with Gasteiger partial charge in [-0.05, 0) is 70.5 Å². The molecular weight excluding hydrogens is 658 g/mol. The first-order valence-electron chi connectivity index (χ1n) is 10.7. The van der Waals surface area contributed by atoms with Crippen molar-refractivity contribution in [1.82, 2.24) is 0 Å². The number of ether oxygens (including phenoxy) is 1. The van der Waals surface area contributed by atoms with Gasteiger partial charge >= 0.3 is 6.09 Å². The van der Waals surface area contributed by atoms with Gasteiger partial charge < -0.3 is 20.9 Å². The lowest BCUT2D eigenvalue weighted by Crippen LogP contribution is -2.28. The standard InChI is InChI=1S/C26H24Br3N3O4/c1-26(2,12-11-22(33)32-21-6-4-3-5-20(21)30)24(18-13-16(28)14-19(29)23(18)34)36-25(35)31-17-9-7-15(27)8-10-17/h3-14,24,34H,30H2,1-2H3,(H,31,35)(H,32,33)/b12-11+/t24-/m0/s1. The smallest absolute Gasteiger partial charge is 0.412 e. The first-order chi connectivity index (χ1) is 17.0. The van der Waals surface area contributed by atoms with Gasteiger partial charge in [-0.1, -0.05) is 63.9 Å². The fraction of sp³-hybridized carbons (Fsp3) is 0.154. The SMILES string of the molecule is CC(C)(/C=C/C(=O)Nc1ccccc1N)[C@@H](OC(=O)Nc1ccc(Br)cc1)c1cc(Br)cc(Br)c1O. The van der Waals surface area contributed by atoms with E-state index >= 15 is 0 Å². The summed E-state index contributed by atoms with van der Waals surface area (Å²) in [6.45, 7) is 3.58. The highest BCUT2D eigenvalue weighted by Gasteiger charge is 2.35. The molecule has 7 nitrogen and oxygen atoms in total. The minimum absolute atomic E-state index is 0.0809. The van der Waals surface area contributed by atoms with E-state index in [0.717, 1.165) is 4.47 Å². The lowest BCUT2D eigenvalue weighted by atomic mass is 9.81. The molecule has 188 valence electrons. The van der Waals surface area contributed by atoms with Crippen LogP contribution in [0.15, 0.2) is 86.2 Å². The van der Waals surface area contributed by atoms with Crippen molar-refractivity contribution in [2.24, 2.45) is 5.41 Å². The summed E-state index contributed by atoms with van der Waals surface area (Å²) in [7, 11) is 0. The number of phenols is 1. The van der Waals surface area contributed by atoms with Crippen molar-refractivity contribution >= 4 is 76.9 Å². The second-order valence-electron chi connectivity index (χ2n) is 8.47. The first kappa shape index (κ1) is 27.8. The number of nitrogens with two attached hydrogens (primary N) is 1. The number of benzene rings is 3. The molecule has 0 bridgehead atoms. The monoisotopic (exact) mass is 679 g/mol. The Morgan fingerprint density at radius 3 is 2.33 bits per heavy atom. The van der Waals surface area contributed by atoms with E-state index in [0.29, 0.717) is 31.6 Å². The number of aromatic hydroxyl groups is 1. The normalized spacial score (nSPS) is 12.2. The Labute approximate surface area is 234 Å². The molecule has 0 heterocycles. The van der Waals surface area contributed by atoms with Gasteiger partial charge in [0, 0.05) is 25.6 Å². The number of hydrogen-bond donors (Lipinski definition) is 4. The van der Waals surface area contributed by atoms with Crippen molar-refractivity contribution in [1.29, 1.82) is 0 Å². The number of anilines is 3. The number of rotatable bonds is 7. The largest absolute Gasteiger partial charge is 0.506 e. The van der Waals surface area contributed by atoms with Crippen LogP contribution in [-0.2, 0) is 9.53 Å². The van der Waals surface area contributed by atoms with Crippen molar-refractivity contribution in [2.75, 3.05) is 16.4 Å². The summed E-state index contributed by atoms with van der Waals surface area (Å²) in [5.74, 6) is -0.485. The maximum Gasteiger partial charge on any atom is 0.412 e. The van der Waals surface area contributed by atoms with Crippen LogP contribution in [0.1, 0.15) is 25.5 Å². The molecule has 36 heavy (non-hydrogen) atoms. The highest BCUT2D eigenvalue weighted by Crippen LogP contribution is 2.45. The summed E-state index contributed by atoms with van der Waals surface area (Å²) >= 11 is 10.1. The number of carbonyl (C=O) groups excluding carboxylic acids is 2. The molecule has 0 radical (unpaired) electrons. The highest BCUT2D eigenvalue weighted by molar-refractivity contribution is 9.11. The molecule has 0 saturated heterocycles.